The van der Waals surface area contributed by atoms with Gasteiger partial charge in [-0.05, 0) is 56.2 Å². The number of hydrogen-bond acceptors (Lipinski definition) is 4. The normalized spacial score (nSPS) is 18.3. The molecule has 1 amide bonds. The number of nitrogens with one attached hydrogen (secondary N) is 1. The van der Waals surface area contributed by atoms with Crippen LogP contribution in [-0.2, 0) is 0 Å². The van der Waals surface area contributed by atoms with Gasteiger partial charge in [-0.15, -0.1) is 0 Å². The van der Waals surface area contributed by atoms with Gasteiger partial charge in [-0.25, -0.2) is 4.98 Å². The van der Waals surface area contributed by atoms with E-state index in [9.17, 15) is 9.59 Å². The van der Waals surface area contributed by atoms with Crippen molar-refractivity contribution in [3.8, 4) is 0 Å². The molecule has 2 fully saturated rings. The first-order valence-corrected chi connectivity index (χ1v) is 11.4. The van der Waals surface area contributed by atoms with Gasteiger partial charge in [0.1, 0.15) is 16.8 Å². The number of likely N-dealkylation sites (tertiary alicyclic amines) is 1. The van der Waals surface area contributed by atoms with E-state index in [0.29, 0.717) is 41.3 Å². The Morgan fingerprint density at radius 3 is 2.55 bits per heavy atom. The van der Waals surface area contributed by atoms with Crippen LogP contribution in [0.15, 0.2) is 29.2 Å². The zero-order valence-electron chi connectivity index (χ0n) is 18.2. The summed E-state index contributed by atoms with van der Waals surface area (Å²) in [4.78, 5) is 33.6. The van der Waals surface area contributed by atoms with Crippen LogP contribution in [0.2, 0.25) is 0 Å². The van der Waals surface area contributed by atoms with Gasteiger partial charge >= 0.3 is 0 Å². The summed E-state index contributed by atoms with van der Waals surface area (Å²) in [5.41, 5.74) is 2.37. The maximum Gasteiger partial charge on any atom is 0.267 e. The number of carbonyl (C=O) groups excluding carboxylic acids is 1. The number of aryl methyl sites for hydroxylation is 1. The number of piperidine rings is 1. The van der Waals surface area contributed by atoms with E-state index in [1.54, 1.807) is 16.7 Å². The van der Waals surface area contributed by atoms with Gasteiger partial charge in [0.05, 0.1) is 10.9 Å². The van der Waals surface area contributed by atoms with Crippen molar-refractivity contribution in [1.29, 1.82) is 5.41 Å². The predicted molar refractivity (Wildman–Crippen MR) is 119 cm³/mol. The van der Waals surface area contributed by atoms with E-state index in [4.69, 9.17) is 10.4 Å². The number of fused-ring (bicyclic) bond motifs is 2. The molecule has 1 N–H and O–H groups in total. The van der Waals surface area contributed by atoms with Gasteiger partial charge in [0, 0.05) is 25.3 Å². The second kappa shape index (κ2) is 7.62. The molecule has 0 unspecified atom stereocenters. The van der Waals surface area contributed by atoms with E-state index >= 15 is 0 Å². The molecule has 3 aromatic heterocycles. The fraction of sp³-hybridized carbons (Fsp3) is 0.500. The average Bonchev–Trinajstić information content (AvgIpc) is 3.29. The molecule has 0 bridgehead atoms. The molecule has 7 heteroatoms. The molecule has 0 aromatic carbocycles. The summed E-state index contributed by atoms with van der Waals surface area (Å²) in [5.74, 6) is 0.474. The highest BCUT2D eigenvalue weighted by molar-refractivity contribution is 5.97. The van der Waals surface area contributed by atoms with Gasteiger partial charge in [0.15, 0.2) is 0 Å². The van der Waals surface area contributed by atoms with Crippen LogP contribution < -0.4 is 11.0 Å². The van der Waals surface area contributed by atoms with Crippen molar-refractivity contribution >= 4 is 22.6 Å². The second-order valence-corrected chi connectivity index (χ2v) is 9.23. The van der Waals surface area contributed by atoms with Gasteiger partial charge in [-0.3, -0.25) is 19.4 Å². The Bertz CT molecular complexity index is 1290. The van der Waals surface area contributed by atoms with Gasteiger partial charge in [-0.2, -0.15) is 0 Å². The molecule has 1 aliphatic carbocycles. The van der Waals surface area contributed by atoms with E-state index in [0.717, 1.165) is 44.1 Å². The van der Waals surface area contributed by atoms with Crippen molar-refractivity contribution < 1.29 is 4.79 Å². The van der Waals surface area contributed by atoms with E-state index in [-0.39, 0.29) is 23.0 Å². The number of rotatable bonds is 2. The molecule has 1 saturated heterocycles. The van der Waals surface area contributed by atoms with Crippen molar-refractivity contribution in [3.05, 3.63) is 51.4 Å². The highest BCUT2D eigenvalue weighted by Crippen LogP contribution is 2.30. The van der Waals surface area contributed by atoms with Crippen molar-refractivity contribution in [3.63, 3.8) is 0 Å². The number of aromatic nitrogens is 3. The molecule has 0 atom stereocenters. The van der Waals surface area contributed by atoms with Crippen LogP contribution in [0.3, 0.4) is 0 Å². The second-order valence-electron chi connectivity index (χ2n) is 9.23. The summed E-state index contributed by atoms with van der Waals surface area (Å²) in [7, 11) is 0. The fourth-order valence-corrected chi connectivity index (χ4v) is 5.12. The summed E-state index contributed by atoms with van der Waals surface area (Å²) in [6.07, 6.45) is 7.74. The summed E-state index contributed by atoms with van der Waals surface area (Å²) >= 11 is 0. The monoisotopic (exact) mass is 419 g/mol. The molecule has 0 spiro atoms. The van der Waals surface area contributed by atoms with E-state index in [1.165, 1.54) is 0 Å². The van der Waals surface area contributed by atoms with Crippen LogP contribution in [0.5, 0.6) is 0 Å². The third-order valence-corrected chi connectivity index (χ3v) is 7.07. The third-order valence-electron chi connectivity index (χ3n) is 7.07. The lowest BCUT2D eigenvalue weighted by atomic mass is 9.98. The van der Waals surface area contributed by atoms with Gasteiger partial charge in [0.25, 0.3) is 11.5 Å². The first-order chi connectivity index (χ1) is 15.0. The maximum atomic E-state index is 13.4. The van der Waals surface area contributed by atoms with Crippen LogP contribution in [0.25, 0.3) is 16.7 Å². The minimum absolute atomic E-state index is 0.0995. The minimum atomic E-state index is -0.184. The predicted octanol–water partition coefficient (Wildman–Crippen LogP) is 3.42. The van der Waals surface area contributed by atoms with Crippen LogP contribution in [-0.4, -0.2) is 37.8 Å². The third kappa shape index (κ3) is 3.27. The summed E-state index contributed by atoms with van der Waals surface area (Å²) in [6.45, 7) is 5.55. The van der Waals surface area contributed by atoms with Gasteiger partial charge in [0.2, 0.25) is 0 Å². The van der Waals surface area contributed by atoms with E-state index < -0.39 is 0 Å². The fourth-order valence-electron chi connectivity index (χ4n) is 5.12. The van der Waals surface area contributed by atoms with Crippen molar-refractivity contribution in [2.45, 2.75) is 58.4 Å². The molecule has 4 heterocycles. The standard InChI is InChI=1S/C24H29N5O2/c1-15-9-12-27(13-10-15)23(30)18-14-19-22(29(20(18)25)17-7-3-4-8-17)26-21-16(2)6-5-11-28(21)24(19)31/h5-6,11,14-15,17,25H,3-4,7-10,12-13H2,1-2H3. The molecule has 5 rings (SSSR count). The highest BCUT2D eigenvalue weighted by Gasteiger charge is 2.27. The topological polar surface area (TPSA) is 83.5 Å². The molecule has 0 radical (unpaired) electrons. The Labute approximate surface area is 180 Å². The van der Waals surface area contributed by atoms with E-state index in [2.05, 4.69) is 6.92 Å². The Morgan fingerprint density at radius 1 is 1.13 bits per heavy atom. The smallest absolute Gasteiger partial charge is 0.267 e. The highest BCUT2D eigenvalue weighted by atomic mass is 16.2. The van der Waals surface area contributed by atoms with Crippen LogP contribution >= 0.6 is 0 Å². The molecule has 31 heavy (non-hydrogen) atoms. The quantitative estimate of drug-likeness (QED) is 0.646. The lowest BCUT2D eigenvalue weighted by Gasteiger charge is -2.30. The molecular weight excluding hydrogens is 390 g/mol. The zero-order valence-corrected chi connectivity index (χ0v) is 18.2. The maximum absolute atomic E-state index is 13.4. The SMILES string of the molecule is Cc1cccn2c(=O)c3cc(C(=O)N4CCC(C)CC4)c(=N)n(C4CCCC4)c3nc12. The zero-order chi connectivity index (χ0) is 21.7. The number of hydrogen-bond donors (Lipinski definition) is 1. The van der Waals surface area contributed by atoms with Crippen LogP contribution in [0.1, 0.15) is 67.4 Å². The Hall–Kier alpha value is -2.96. The van der Waals surface area contributed by atoms with Crippen LogP contribution in [0.4, 0.5) is 0 Å². The number of carbonyl (C=O) groups is 1. The average molecular weight is 420 g/mol. The number of amides is 1. The summed E-state index contributed by atoms with van der Waals surface area (Å²) < 4.78 is 3.42. The van der Waals surface area contributed by atoms with Gasteiger partial charge in [-0.1, -0.05) is 25.8 Å². The molecule has 3 aromatic rings. The Balaban J connectivity index is 1.77. The van der Waals surface area contributed by atoms with Crippen molar-refractivity contribution in [2.75, 3.05) is 13.1 Å². The summed E-state index contributed by atoms with van der Waals surface area (Å²) in [6, 6.07) is 5.49. The van der Waals surface area contributed by atoms with Crippen molar-refractivity contribution in [2.24, 2.45) is 5.92 Å². The number of nitrogens with zero attached hydrogens (tertiary/aromatic N) is 4. The summed E-state index contributed by atoms with van der Waals surface area (Å²) in [5, 5.41) is 9.40. The largest absolute Gasteiger partial charge is 0.339 e. The Kier molecular flexibility index (Phi) is 4.91. The first-order valence-electron chi connectivity index (χ1n) is 11.4. The first kappa shape index (κ1) is 20.0. The van der Waals surface area contributed by atoms with Crippen LogP contribution in [0, 0.1) is 18.3 Å². The molecule has 1 saturated carbocycles. The van der Waals surface area contributed by atoms with Crippen molar-refractivity contribution in [1.82, 2.24) is 18.9 Å². The minimum Gasteiger partial charge on any atom is -0.339 e. The molecule has 1 aliphatic heterocycles. The lowest BCUT2D eigenvalue weighted by Crippen LogP contribution is -2.42. The lowest BCUT2D eigenvalue weighted by molar-refractivity contribution is 0.0694. The van der Waals surface area contributed by atoms with Gasteiger partial charge < -0.3 is 9.47 Å². The Morgan fingerprint density at radius 2 is 1.84 bits per heavy atom. The molecule has 7 nitrogen and oxygen atoms in total. The number of pyridine rings is 2. The molecule has 162 valence electrons. The van der Waals surface area contributed by atoms with E-state index in [1.807, 2.05) is 28.5 Å². The molecule has 2 aliphatic rings. The molecular formula is C24H29N5O2.